The first-order chi connectivity index (χ1) is 11.3. The van der Waals surface area contributed by atoms with Crippen LogP contribution >= 0.6 is 11.9 Å². The molecule has 2 aliphatic rings. The smallest absolute Gasteiger partial charge is 0.123 e. The lowest BCUT2D eigenvalue weighted by Gasteiger charge is -2.46. The van der Waals surface area contributed by atoms with Crippen LogP contribution in [0.3, 0.4) is 0 Å². The van der Waals surface area contributed by atoms with Gasteiger partial charge in [0.05, 0.1) is 18.2 Å². The van der Waals surface area contributed by atoms with Crippen LogP contribution in [0.1, 0.15) is 40.5 Å². The van der Waals surface area contributed by atoms with E-state index < -0.39 is 5.60 Å². The van der Waals surface area contributed by atoms with Crippen LogP contribution in [-0.2, 0) is 9.47 Å². The van der Waals surface area contributed by atoms with E-state index in [-0.39, 0.29) is 16.7 Å². The van der Waals surface area contributed by atoms with E-state index in [1.165, 1.54) is 0 Å². The molecule has 0 amide bonds. The number of allylic oxidation sites excluding steroid dienone is 2. The minimum absolute atomic E-state index is 0.00951. The van der Waals surface area contributed by atoms with Crippen molar-refractivity contribution in [3.05, 3.63) is 36.1 Å². The molecule has 0 radical (unpaired) electrons. The van der Waals surface area contributed by atoms with E-state index in [9.17, 15) is 5.11 Å². The maximum Gasteiger partial charge on any atom is 0.123 e. The number of rotatable bonds is 5. The highest BCUT2D eigenvalue weighted by molar-refractivity contribution is 7.98. The fourth-order valence-corrected chi connectivity index (χ4v) is 3.99. The summed E-state index contributed by atoms with van der Waals surface area (Å²) in [4.78, 5) is 0. The molecule has 0 spiro atoms. The summed E-state index contributed by atoms with van der Waals surface area (Å²) in [6, 6.07) is 0.00951. The molecule has 0 aliphatic carbocycles. The van der Waals surface area contributed by atoms with Crippen molar-refractivity contribution in [2.24, 2.45) is 5.92 Å². The van der Waals surface area contributed by atoms with E-state index in [4.69, 9.17) is 9.47 Å². The quantitative estimate of drug-likeness (QED) is 0.740. The second kappa shape index (κ2) is 8.09. The van der Waals surface area contributed by atoms with Crippen LogP contribution in [-0.4, -0.2) is 41.3 Å². The van der Waals surface area contributed by atoms with E-state index in [1.54, 1.807) is 18.0 Å². The normalized spacial score (nSPS) is 28.0. The maximum absolute atomic E-state index is 11.3. The molecule has 0 aromatic rings. The third-order valence-corrected chi connectivity index (χ3v) is 5.50. The largest absolute Gasteiger partial charge is 0.493 e. The molecular formula is C19H31NO3S. The highest BCUT2D eigenvalue weighted by Crippen LogP contribution is 2.39. The van der Waals surface area contributed by atoms with E-state index >= 15 is 0 Å². The van der Waals surface area contributed by atoms with Gasteiger partial charge in [0.1, 0.15) is 5.76 Å². The monoisotopic (exact) mass is 353 g/mol. The number of aliphatic hydroxyl groups is 1. The van der Waals surface area contributed by atoms with Crippen molar-refractivity contribution >= 4 is 11.9 Å². The van der Waals surface area contributed by atoms with Crippen LogP contribution < -0.4 is 4.72 Å². The second-order valence-corrected chi connectivity index (χ2v) is 9.13. The lowest BCUT2D eigenvalue weighted by molar-refractivity contribution is -0.120. The molecular weight excluding hydrogens is 322 g/mol. The number of hydrogen-bond donors (Lipinski definition) is 2. The second-order valence-electron chi connectivity index (χ2n) is 7.47. The van der Waals surface area contributed by atoms with E-state index in [0.29, 0.717) is 32.7 Å². The number of hydrogen-bond acceptors (Lipinski definition) is 5. The van der Waals surface area contributed by atoms with Gasteiger partial charge < -0.3 is 14.6 Å². The Bertz CT molecular complexity index is 501. The van der Waals surface area contributed by atoms with Crippen molar-refractivity contribution in [3.8, 4) is 0 Å². The molecule has 2 N–H and O–H groups in total. The Morgan fingerprint density at radius 3 is 2.54 bits per heavy atom. The number of ether oxygens (including phenoxy) is 2. The Morgan fingerprint density at radius 2 is 2.00 bits per heavy atom. The molecule has 0 aromatic heterocycles. The highest BCUT2D eigenvalue weighted by atomic mass is 32.2. The van der Waals surface area contributed by atoms with Crippen molar-refractivity contribution in [3.63, 3.8) is 0 Å². The summed E-state index contributed by atoms with van der Waals surface area (Å²) in [5.41, 5.74) is 0.286. The molecule has 2 atom stereocenters. The van der Waals surface area contributed by atoms with Crippen molar-refractivity contribution in [1.82, 2.24) is 4.72 Å². The lowest BCUT2D eigenvalue weighted by atomic mass is 9.74. The van der Waals surface area contributed by atoms with E-state index in [1.807, 2.05) is 13.0 Å². The van der Waals surface area contributed by atoms with Crippen LogP contribution in [0.25, 0.3) is 0 Å². The van der Waals surface area contributed by atoms with Gasteiger partial charge in [-0.15, -0.1) is 0 Å². The molecule has 0 saturated carbocycles. The first-order valence-corrected chi connectivity index (χ1v) is 9.48. The Morgan fingerprint density at radius 1 is 1.33 bits per heavy atom. The molecule has 1 saturated heterocycles. The predicted molar refractivity (Wildman–Crippen MR) is 101 cm³/mol. The van der Waals surface area contributed by atoms with Crippen LogP contribution in [0.5, 0.6) is 0 Å². The van der Waals surface area contributed by atoms with Crippen LogP contribution in [0.2, 0.25) is 0 Å². The van der Waals surface area contributed by atoms with Gasteiger partial charge >= 0.3 is 0 Å². The lowest BCUT2D eigenvalue weighted by Crippen LogP contribution is -2.55. The van der Waals surface area contributed by atoms with Crippen molar-refractivity contribution in [2.75, 3.05) is 19.8 Å². The average Bonchev–Trinajstić information content (AvgIpc) is 2.53. The average molecular weight is 354 g/mol. The van der Waals surface area contributed by atoms with Gasteiger partial charge in [-0.1, -0.05) is 30.7 Å². The van der Waals surface area contributed by atoms with Gasteiger partial charge in [0.15, 0.2) is 0 Å². The predicted octanol–water partition coefficient (Wildman–Crippen LogP) is 3.60. The van der Waals surface area contributed by atoms with Crippen LogP contribution in [0.4, 0.5) is 0 Å². The zero-order valence-corrected chi connectivity index (χ0v) is 16.1. The summed E-state index contributed by atoms with van der Waals surface area (Å²) in [6.07, 6.45) is 7.12. The molecule has 4 nitrogen and oxygen atoms in total. The third-order valence-electron chi connectivity index (χ3n) is 4.51. The van der Waals surface area contributed by atoms with Gasteiger partial charge in [-0.3, -0.25) is 4.72 Å². The molecule has 1 fully saturated rings. The zero-order chi connectivity index (χ0) is 17.8. The summed E-state index contributed by atoms with van der Waals surface area (Å²) < 4.78 is 15.1. The van der Waals surface area contributed by atoms with E-state index in [2.05, 4.69) is 38.1 Å². The molecule has 2 heterocycles. The Kier molecular flexibility index (Phi) is 6.59. The fraction of sp³-hybridized carbons (Fsp3) is 0.684. The van der Waals surface area contributed by atoms with Gasteiger partial charge in [0, 0.05) is 42.3 Å². The standard InChI is InChI=1S/C19H31NO3S/c1-6-8-14-16(7-2)23-13-15(17(14)20-24-18(3,4)5)19(21)9-11-22-12-10-19/h6-8,15,17,20-21H,2,9-13H2,1,3-5H3/b8-6-. The minimum atomic E-state index is -0.770. The SMILES string of the molecule is C=CC1=C(/C=C\C)C(NSC(C)(C)C)C(C2(O)CCOCC2)CO1. The van der Waals surface area contributed by atoms with E-state index in [0.717, 1.165) is 11.3 Å². The Labute approximate surface area is 150 Å². The van der Waals surface area contributed by atoms with Gasteiger partial charge in [-0.05, 0) is 33.8 Å². The Balaban J connectivity index is 2.34. The van der Waals surface area contributed by atoms with Gasteiger partial charge in [-0.25, -0.2) is 0 Å². The van der Waals surface area contributed by atoms with Crippen LogP contribution in [0, 0.1) is 5.92 Å². The van der Waals surface area contributed by atoms with Crippen molar-refractivity contribution in [1.29, 1.82) is 0 Å². The summed E-state index contributed by atoms with van der Waals surface area (Å²) in [5, 5.41) is 11.3. The Hall–Kier alpha value is -0.750. The molecule has 5 heteroatoms. The van der Waals surface area contributed by atoms with Crippen molar-refractivity contribution in [2.45, 2.75) is 56.9 Å². The molecule has 24 heavy (non-hydrogen) atoms. The number of nitrogens with one attached hydrogen (secondary N) is 1. The molecule has 136 valence electrons. The maximum atomic E-state index is 11.3. The molecule has 0 aromatic carbocycles. The first kappa shape index (κ1) is 19.6. The van der Waals surface area contributed by atoms with Crippen LogP contribution in [0.15, 0.2) is 36.1 Å². The summed E-state index contributed by atoms with van der Waals surface area (Å²) in [6.45, 7) is 14.1. The molecule has 2 aliphatic heterocycles. The third kappa shape index (κ3) is 4.66. The van der Waals surface area contributed by atoms with Gasteiger partial charge in [0.25, 0.3) is 0 Å². The zero-order valence-electron chi connectivity index (χ0n) is 15.3. The first-order valence-electron chi connectivity index (χ1n) is 8.66. The summed E-state index contributed by atoms with van der Waals surface area (Å²) in [7, 11) is 0. The van der Waals surface area contributed by atoms with Gasteiger partial charge in [-0.2, -0.15) is 0 Å². The molecule has 2 unspecified atom stereocenters. The fourth-order valence-electron chi connectivity index (χ4n) is 3.22. The van der Waals surface area contributed by atoms with Crippen molar-refractivity contribution < 1.29 is 14.6 Å². The molecule has 2 rings (SSSR count). The highest BCUT2D eigenvalue weighted by Gasteiger charge is 2.46. The topological polar surface area (TPSA) is 50.7 Å². The summed E-state index contributed by atoms with van der Waals surface area (Å²) in [5.74, 6) is 0.776. The molecule has 0 bridgehead atoms. The summed E-state index contributed by atoms with van der Waals surface area (Å²) >= 11 is 1.70. The minimum Gasteiger partial charge on any atom is -0.493 e. The van der Waals surface area contributed by atoms with Gasteiger partial charge in [0.2, 0.25) is 0 Å².